The lowest BCUT2D eigenvalue weighted by Crippen LogP contribution is -2.40. The molecular formula is C24H35N5O3S2. The van der Waals surface area contributed by atoms with Crippen LogP contribution < -0.4 is 10.6 Å². The topological polar surface area (TPSA) is 100 Å². The zero-order valence-corrected chi connectivity index (χ0v) is 22.2. The van der Waals surface area contributed by atoms with Crippen molar-refractivity contribution in [1.29, 1.82) is 0 Å². The summed E-state index contributed by atoms with van der Waals surface area (Å²) in [6.45, 7) is 6.99. The quantitative estimate of drug-likeness (QED) is 0.383. The monoisotopic (exact) mass is 505 g/mol. The molecule has 0 spiro atoms. The van der Waals surface area contributed by atoms with Crippen molar-refractivity contribution in [1.82, 2.24) is 20.2 Å². The summed E-state index contributed by atoms with van der Waals surface area (Å²) in [6, 6.07) is 0.0159. The first-order valence-corrected chi connectivity index (χ1v) is 13.4. The Kier molecular flexibility index (Phi) is 9.32. The molecule has 2 atom stereocenters. The number of likely N-dealkylation sites (N-methyl/N-ethyl adjacent to an activating group) is 1. The molecule has 0 radical (unpaired) electrons. The number of amides is 2. The first-order valence-electron chi connectivity index (χ1n) is 11.6. The van der Waals surface area contributed by atoms with Gasteiger partial charge in [0.25, 0.3) is 0 Å². The number of hydrogen-bond acceptors (Lipinski definition) is 8. The van der Waals surface area contributed by atoms with Crippen LogP contribution in [0.3, 0.4) is 0 Å². The second kappa shape index (κ2) is 12.0. The number of anilines is 1. The van der Waals surface area contributed by atoms with Crippen LogP contribution in [0.25, 0.3) is 0 Å². The van der Waals surface area contributed by atoms with E-state index in [9.17, 15) is 9.59 Å². The third-order valence-corrected chi connectivity index (χ3v) is 7.57. The molecular weight excluding hydrogens is 470 g/mol. The normalized spacial score (nSPS) is 19.0. The molecule has 0 saturated heterocycles. The molecule has 2 aromatic rings. The van der Waals surface area contributed by atoms with Crippen molar-refractivity contribution < 1.29 is 14.0 Å². The molecule has 2 unspecified atom stereocenters. The first kappa shape index (κ1) is 26.4. The molecule has 186 valence electrons. The van der Waals surface area contributed by atoms with Crippen molar-refractivity contribution in [3.05, 3.63) is 36.2 Å². The Morgan fingerprint density at radius 1 is 1.26 bits per heavy atom. The largest absolute Gasteiger partial charge is 0.444 e. The van der Waals surface area contributed by atoms with Gasteiger partial charge in [-0.15, -0.1) is 11.8 Å². The molecule has 2 heterocycles. The zero-order chi connectivity index (χ0) is 24.7. The standard InChI is InChI=1S/C24H35N5O3S2/c1-24(2,3)18-13-25-20(32-18)15-33-21-14-26-23(34-21)28-22(31)16-8-6-9-17(12-16)27-19(30)10-7-11-29(4)5/h7,10,13-14,16-17H,6,8-9,11-12,15H2,1-5H3,(H,27,30)(H,26,28,31)/b10-7+. The van der Waals surface area contributed by atoms with Gasteiger partial charge in [-0.05, 0) is 33.4 Å². The molecule has 0 aliphatic heterocycles. The minimum atomic E-state index is -0.132. The molecule has 1 aliphatic rings. The predicted molar refractivity (Wildman–Crippen MR) is 137 cm³/mol. The third kappa shape index (κ3) is 8.25. The maximum Gasteiger partial charge on any atom is 0.243 e. The number of carbonyl (C=O) groups is 2. The molecule has 10 heteroatoms. The number of oxazole rings is 1. The van der Waals surface area contributed by atoms with Crippen molar-refractivity contribution in [2.45, 2.75) is 67.9 Å². The minimum Gasteiger partial charge on any atom is -0.444 e. The van der Waals surface area contributed by atoms with Crippen LogP contribution >= 0.6 is 23.1 Å². The Morgan fingerprint density at radius 2 is 2.06 bits per heavy atom. The van der Waals surface area contributed by atoms with Gasteiger partial charge in [0.1, 0.15) is 5.76 Å². The van der Waals surface area contributed by atoms with E-state index in [0.717, 1.165) is 29.2 Å². The van der Waals surface area contributed by atoms with Crippen LogP contribution in [0.15, 0.2) is 33.2 Å². The fraction of sp³-hybridized carbons (Fsp3) is 0.583. The van der Waals surface area contributed by atoms with Gasteiger partial charge in [0.05, 0.1) is 22.4 Å². The van der Waals surface area contributed by atoms with E-state index in [1.165, 1.54) is 11.3 Å². The molecule has 8 nitrogen and oxygen atoms in total. The molecule has 0 bridgehead atoms. The zero-order valence-electron chi connectivity index (χ0n) is 20.6. The van der Waals surface area contributed by atoms with Gasteiger partial charge >= 0.3 is 0 Å². The van der Waals surface area contributed by atoms with Gasteiger partial charge < -0.3 is 20.0 Å². The number of nitrogens with one attached hydrogen (secondary N) is 2. The van der Waals surface area contributed by atoms with Crippen LogP contribution in [0.5, 0.6) is 0 Å². The fourth-order valence-corrected chi connectivity index (χ4v) is 5.36. The number of thioether (sulfide) groups is 1. The van der Waals surface area contributed by atoms with Crippen LogP contribution in [-0.2, 0) is 20.8 Å². The van der Waals surface area contributed by atoms with Crippen molar-refractivity contribution >= 4 is 40.0 Å². The van der Waals surface area contributed by atoms with Crippen molar-refractivity contribution in [2.24, 2.45) is 5.92 Å². The average molecular weight is 506 g/mol. The van der Waals surface area contributed by atoms with E-state index >= 15 is 0 Å². The number of hydrogen-bond donors (Lipinski definition) is 2. The van der Waals surface area contributed by atoms with E-state index in [1.54, 1.807) is 30.2 Å². The van der Waals surface area contributed by atoms with Crippen molar-refractivity contribution in [2.75, 3.05) is 26.0 Å². The van der Waals surface area contributed by atoms with Gasteiger partial charge in [-0.2, -0.15) is 0 Å². The number of thiazole rings is 1. The van der Waals surface area contributed by atoms with Gasteiger partial charge in [-0.25, -0.2) is 9.97 Å². The second-order valence-corrected chi connectivity index (χ2v) is 12.2. The maximum atomic E-state index is 12.8. The highest BCUT2D eigenvalue weighted by Gasteiger charge is 2.28. The van der Waals surface area contributed by atoms with Crippen molar-refractivity contribution in [3.63, 3.8) is 0 Å². The molecule has 1 fully saturated rings. The molecule has 0 aromatic carbocycles. The van der Waals surface area contributed by atoms with E-state index in [1.807, 2.05) is 25.1 Å². The summed E-state index contributed by atoms with van der Waals surface area (Å²) in [6.07, 6.45) is 10.2. The summed E-state index contributed by atoms with van der Waals surface area (Å²) >= 11 is 3.04. The van der Waals surface area contributed by atoms with Crippen LogP contribution in [0.1, 0.15) is 58.1 Å². The maximum absolute atomic E-state index is 12.8. The molecule has 2 aromatic heterocycles. The van der Waals surface area contributed by atoms with Crippen LogP contribution in [0, 0.1) is 5.92 Å². The Hall–Kier alpha value is -2.17. The predicted octanol–water partition coefficient (Wildman–Crippen LogP) is 4.45. The van der Waals surface area contributed by atoms with Crippen LogP contribution in [-0.4, -0.2) is 53.4 Å². The lowest BCUT2D eigenvalue weighted by molar-refractivity contribution is -0.122. The molecule has 2 amide bonds. The van der Waals surface area contributed by atoms with Gasteiger partial charge in [0.15, 0.2) is 5.13 Å². The molecule has 3 rings (SSSR count). The van der Waals surface area contributed by atoms with Gasteiger partial charge in [-0.3, -0.25) is 9.59 Å². The summed E-state index contributed by atoms with van der Waals surface area (Å²) in [4.78, 5) is 35.7. The van der Waals surface area contributed by atoms with E-state index < -0.39 is 0 Å². The highest BCUT2D eigenvalue weighted by atomic mass is 32.2. The Bertz CT molecular complexity index is 993. The Balaban J connectivity index is 1.46. The summed E-state index contributed by atoms with van der Waals surface area (Å²) in [5.41, 5.74) is -0.0679. The summed E-state index contributed by atoms with van der Waals surface area (Å²) in [7, 11) is 3.91. The minimum absolute atomic E-state index is 0.0159. The molecule has 1 aliphatic carbocycles. The van der Waals surface area contributed by atoms with Crippen molar-refractivity contribution in [3.8, 4) is 0 Å². The fourth-order valence-electron chi connectivity index (χ4n) is 3.63. The van der Waals surface area contributed by atoms with Gasteiger partial charge in [-0.1, -0.05) is 44.6 Å². The van der Waals surface area contributed by atoms with E-state index in [0.29, 0.717) is 29.7 Å². The highest BCUT2D eigenvalue weighted by molar-refractivity contribution is 8.00. The Labute approximate surface area is 210 Å². The Morgan fingerprint density at radius 3 is 2.76 bits per heavy atom. The molecule has 34 heavy (non-hydrogen) atoms. The summed E-state index contributed by atoms with van der Waals surface area (Å²) < 4.78 is 6.83. The van der Waals surface area contributed by atoms with E-state index in [-0.39, 0.29) is 29.2 Å². The number of aromatic nitrogens is 2. The van der Waals surface area contributed by atoms with E-state index in [4.69, 9.17) is 4.42 Å². The highest BCUT2D eigenvalue weighted by Crippen LogP contribution is 2.33. The van der Waals surface area contributed by atoms with E-state index in [2.05, 4.69) is 41.4 Å². The summed E-state index contributed by atoms with van der Waals surface area (Å²) in [5, 5.41) is 6.58. The van der Waals surface area contributed by atoms with Crippen LogP contribution in [0.2, 0.25) is 0 Å². The first-order chi connectivity index (χ1) is 16.1. The lowest BCUT2D eigenvalue weighted by Gasteiger charge is -2.28. The molecule has 2 N–H and O–H groups in total. The van der Waals surface area contributed by atoms with Gasteiger partial charge in [0, 0.05) is 30.0 Å². The summed E-state index contributed by atoms with van der Waals surface area (Å²) in [5.74, 6) is 1.89. The van der Waals surface area contributed by atoms with Crippen LogP contribution in [0.4, 0.5) is 5.13 Å². The SMILES string of the molecule is CN(C)C/C=C/C(=O)NC1CCCC(C(=O)Nc2ncc(SCc3ncc(C(C)(C)C)o3)s2)C1. The molecule has 1 saturated carbocycles. The third-order valence-electron chi connectivity index (χ3n) is 5.48. The lowest BCUT2D eigenvalue weighted by atomic mass is 9.85. The smallest absolute Gasteiger partial charge is 0.243 e. The number of rotatable bonds is 9. The number of nitrogens with zero attached hydrogens (tertiary/aromatic N) is 3. The number of carbonyl (C=O) groups excluding carboxylic acids is 2. The van der Waals surface area contributed by atoms with Gasteiger partial charge in [0.2, 0.25) is 17.7 Å². The average Bonchev–Trinajstić information content (AvgIpc) is 3.41. The second-order valence-electron chi connectivity index (χ2n) is 9.86.